The van der Waals surface area contributed by atoms with Gasteiger partial charge >= 0.3 is 0 Å². The summed E-state index contributed by atoms with van der Waals surface area (Å²) in [4.78, 5) is 0. The van der Waals surface area contributed by atoms with Crippen molar-refractivity contribution in [2.24, 2.45) is 7.05 Å². The summed E-state index contributed by atoms with van der Waals surface area (Å²) in [5, 5.41) is 19.0. The molecule has 0 aliphatic heterocycles. The fourth-order valence-corrected chi connectivity index (χ4v) is 3.04. The Hall–Kier alpha value is -2.38. The number of aliphatic hydroxyl groups is 1. The minimum Gasteiger partial charge on any atom is -0.491 e. The Morgan fingerprint density at radius 2 is 1.84 bits per heavy atom. The zero-order chi connectivity index (χ0) is 17.6. The van der Waals surface area contributed by atoms with Crippen LogP contribution in [-0.2, 0) is 7.05 Å². The number of nitrogens with zero attached hydrogens (tertiary/aromatic N) is 3. The number of para-hydroxylation sites is 1. The maximum atomic E-state index is 13.0. The summed E-state index contributed by atoms with van der Waals surface area (Å²) < 4.78 is 20.4. The van der Waals surface area contributed by atoms with E-state index in [0.717, 1.165) is 11.3 Å². The minimum atomic E-state index is -0.629. The van der Waals surface area contributed by atoms with Crippen LogP contribution in [0.15, 0.2) is 59.8 Å². The summed E-state index contributed by atoms with van der Waals surface area (Å²) in [6.07, 6.45) is -0.629. The minimum absolute atomic E-state index is 0.208. The van der Waals surface area contributed by atoms with E-state index in [9.17, 15) is 9.50 Å². The van der Waals surface area contributed by atoms with E-state index in [4.69, 9.17) is 4.74 Å². The predicted octanol–water partition coefficient (Wildman–Crippen LogP) is 3.15. The van der Waals surface area contributed by atoms with Gasteiger partial charge in [0.25, 0.3) is 0 Å². The molecule has 7 heteroatoms. The van der Waals surface area contributed by atoms with Crippen molar-refractivity contribution < 1.29 is 14.2 Å². The quantitative estimate of drug-likeness (QED) is 0.657. The highest BCUT2D eigenvalue weighted by atomic mass is 32.2. The molecule has 0 aliphatic carbocycles. The summed E-state index contributed by atoms with van der Waals surface area (Å²) >= 11 is 1.39. The first-order chi connectivity index (χ1) is 12.1. The lowest BCUT2D eigenvalue weighted by Crippen LogP contribution is -2.20. The number of thioether (sulfide) groups is 1. The molecule has 2 aromatic carbocycles. The smallest absolute Gasteiger partial charge is 0.191 e. The first kappa shape index (κ1) is 17.4. The van der Waals surface area contributed by atoms with Crippen molar-refractivity contribution in [1.82, 2.24) is 14.8 Å². The SMILES string of the molecule is Cn1c(SC[C@@H](O)COc2ccccc2)nnc1-c1ccc(F)cc1. The Morgan fingerprint density at radius 1 is 1.12 bits per heavy atom. The third-order valence-electron chi connectivity index (χ3n) is 3.53. The topological polar surface area (TPSA) is 60.2 Å². The second-order valence-corrected chi connectivity index (χ2v) is 6.45. The van der Waals surface area contributed by atoms with E-state index in [0.29, 0.717) is 16.7 Å². The number of hydrogen-bond acceptors (Lipinski definition) is 5. The van der Waals surface area contributed by atoms with Crippen LogP contribution in [0.25, 0.3) is 11.4 Å². The van der Waals surface area contributed by atoms with Crippen LogP contribution < -0.4 is 4.74 Å². The van der Waals surface area contributed by atoms with Crippen molar-refractivity contribution in [3.05, 3.63) is 60.4 Å². The molecule has 0 saturated carbocycles. The van der Waals surface area contributed by atoms with Gasteiger partial charge in [-0.25, -0.2) is 4.39 Å². The van der Waals surface area contributed by atoms with Crippen LogP contribution in [0.3, 0.4) is 0 Å². The van der Waals surface area contributed by atoms with Crippen molar-refractivity contribution in [2.75, 3.05) is 12.4 Å². The number of aliphatic hydroxyl groups excluding tert-OH is 1. The highest BCUT2D eigenvalue weighted by Gasteiger charge is 2.14. The van der Waals surface area contributed by atoms with Crippen LogP contribution in [0.5, 0.6) is 5.75 Å². The molecule has 0 amide bonds. The maximum Gasteiger partial charge on any atom is 0.191 e. The molecule has 0 fully saturated rings. The van der Waals surface area contributed by atoms with Gasteiger partial charge in [-0.1, -0.05) is 30.0 Å². The molecule has 25 heavy (non-hydrogen) atoms. The third-order valence-corrected chi connectivity index (χ3v) is 4.69. The lowest BCUT2D eigenvalue weighted by molar-refractivity contribution is 0.126. The van der Waals surface area contributed by atoms with E-state index in [1.165, 1.54) is 23.9 Å². The molecule has 0 bridgehead atoms. The van der Waals surface area contributed by atoms with Crippen molar-refractivity contribution in [1.29, 1.82) is 0 Å². The third kappa shape index (κ3) is 4.58. The molecule has 0 unspecified atom stereocenters. The summed E-state index contributed by atoms with van der Waals surface area (Å²) in [7, 11) is 1.84. The average Bonchev–Trinajstić information content (AvgIpc) is 3.00. The molecule has 0 radical (unpaired) electrons. The molecule has 1 heterocycles. The normalized spacial score (nSPS) is 12.1. The molecular weight excluding hydrogens is 341 g/mol. The van der Waals surface area contributed by atoms with E-state index in [1.807, 2.05) is 41.9 Å². The summed E-state index contributed by atoms with van der Waals surface area (Å²) in [5.74, 6) is 1.52. The molecule has 130 valence electrons. The second-order valence-electron chi connectivity index (χ2n) is 5.46. The Bertz CT molecular complexity index is 809. The largest absolute Gasteiger partial charge is 0.491 e. The lowest BCUT2D eigenvalue weighted by atomic mass is 10.2. The number of aromatic nitrogens is 3. The zero-order valence-corrected chi connectivity index (χ0v) is 14.5. The first-order valence-electron chi connectivity index (χ1n) is 7.77. The Morgan fingerprint density at radius 3 is 2.56 bits per heavy atom. The predicted molar refractivity (Wildman–Crippen MR) is 95.1 cm³/mol. The van der Waals surface area contributed by atoms with Crippen molar-refractivity contribution >= 4 is 11.8 Å². The molecule has 3 aromatic rings. The van der Waals surface area contributed by atoms with E-state index < -0.39 is 6.10 Å². The van der Waals surface area contributed by atoms with Crippen LogP contribution in [0.2, 0.25) is 0 Å². The Kier molecular flexibility index (Phi) is 5.67. The van der Waals surface area contributed by atoms with Crippen molar-refractivity contribution in [3.63, 3.8) is 0 Å². The number of ether oxygens (including phenoxy) is 1. The number of hydrogen-bond donors (Lipinski definition) is 1. The van der Waals surface area contributed by atoms with Gasteiger partial charge in [0.1, 0.15) is 18.2 Å². The Labute approximate surface area is 149 Å². The van der Waals surface area contributed by atoms with Gasteiger partial charge in [-0.2, -0.15) is 0 Å². The van der Waals surface area contributed by atoms with Crippen LogP contribution in [0.4, 0.5) is 4.39 Å². The van der Waals surface area contributed by atoms with Crippen molar-refractivity contribution in [3.8, 4) is 17.1 Å². The van der Waals surface area contributed by atoms with Gasteiger partial charge in [-0.15, -0.1) is 10.2 Å². The highest BCUT2D eigenvalue weighted by molar-refractivity contribution is 7.99. The average molecular weight is 359 g/mol. The monoisotopic (exact) mass is 359 g/mol. The van der Waals surface area contributed by atoms with E-state index in [-0.39, 0.29) is 12.4 Å². The molecule has 5 nitrogen and oxygen atoms in total. The van der Waals surface area contributed by atoms with Gasteiger partial charge in [0, 0.05) is 18.4 Å². The molecule has 0 saturated heterocycles. The first-order valence-corrected chi connectivity index (χ1v) is 8.76. The summed E-state index contributed by atoms with van der Waals surface area (Å²) in [5.41, 5.74) is 0.788. The van der Waals surface area contributed by atoms with Gasteiger partial charge in [-0.05, 0) is 36.4 Å². The van der Waals surface area contributed by atoms with Crippen molar-refractivity contribution in [2.45, 2.75) is 11.3 Å². The molecular formula is C18H18FN3O2S. The maximum absolute atomic E-state index is 13.0. The fraction of sp³-hybridized carbons (Fsp3) is 0.222. The summed E-state index contributed by atoms with van der Waals surface area (Å²) in [6.45, 7) is 0.208. The summed E-state index contributed by atoms with van der Waals surface area (Å²) in [6, 6.07) is 15.5. The van der Waals surface area contributed by atoms with Gasteiger partial charge < -0.3 is 14.4 Å². The van der Waals surface area contributed by atoms with Crippen LogP contribution in [0, 0.1) is 5.82 Å². The molecule has 1 N–H and O–H groups in total. The van der Waals surface area contributed by atoms with E-state index in [2.05, 4.69) is 10.2 Å². The van der Waals surface area contributed by atoms with E-state index in [1.54, 1.807) is 12.1 Å². The van der Waals surface area contributed by atoms with Crippen LogP contribution in [-0.4, -0.2) is 38.3 Å². The number of halogens is 1. The molecule has 0 spiro atoms. The highest BCUT2D eigenvalue weighted by Crippen LogP contribution is 2.23. The fourth-order valence-electron chi connectivity index (χ4n) is 2.22. The number of rotatable bonds is 7. The standard InChI is InChI=1S/C18H18FN3O2S/c1-22-17(13-7-9-14(19)10-8-13)20-21-18(22)25-12-15(23)11-24-16-5-3-2-4-6-16/h2-10,15,23H,11-12H2,1H3/t15-/m0/s1. The van der Waals surface area contributed by atoms with Gasteiger partial charge in [0.2, 0.25) is 0 Å². The molecule has 1 aromatic heterocycles. The van der Waals surface area contributed by atoms with Gasteiger partial charge in [-0.3, -0.25) is 0 Å². The van der Waals surface area contributed by atoms with E-state index >= 15 is 0 Å². The molecule has 1 atom stereocenters. The lowest BCUT2D eigenvalue weighted by Gasteiger charge is -2.11. The van der Waals surface area contributed by atoms with Gasteiger partial charge in [0.15, 0.2) is 11.0 Å². The second kappa shape index (κ2) is 8.13. The van der Waals surface area contributed by atoms with Crippen LogP contribution in [0.1, 0.15) is 0 Å². The molecule has 3 rings (SSSR count). The number of benzene rings is 2. The van der Waals surface area contributed by atoms with Gasteiger partial charge in [0.05, 0.1) is 6.10 Å². The molecule has 0 aliphatic rings. The van der Waals surface area contributed by atoms with Crippen LogP contribution >= 0.6 is 11.8 Å². The Balaban J connectivity index is 1.55. The zero-order valence-electron chi connectivity index (χ0n) is 13.7.